The van der Waals surface area contributed by atoms with Crippen LogP contribution in [0.1, 0.15) is 53.8 Å². The molecule has 1 unspecified atom stereocenters. The van der Waals surface area contributed by atoms with E-state index in [4.69, 9.17) is 4.74 Å². The molecule has 68 valence electrons. The van der Waals surface area contributed by atoms with Crippen LogP contribution >= 0.6 is 0 Å². The quantitative estimate of drug-likeness (QED) is 0.612. The van der Waals surface area contributed by atoms with E-state index in [2.05, 4.69) is 13.8 Å². The standard InChI is InChI=1S/C10H20O.H2/c1-3-9(2)11-10-7-5-4-6-8-10;/h9-10H,3-8H2,1-2H3;1H. The summed E-state index contributed by atoms with van der Waals surface area (Å²) in [5.41, 5.74) is 0. The topological polar surface area (TPSA) is 9.23 Å². The van der Waals surface area contributed by atoms with Crippen LogP contribution in [0, 0.1) is 0 Å². The molecule has 11 heavy (non-hydrogen) atoms. The van der Waals surface area contributed by atoms with Crippen molar-refractivity contribution in [3.05, 3.63) is 0 Å². The van der Waals surface area contributed by atoms with Crippen LogP contribution in [0.4, 0.5) is 0 Å². The first-order valence-electron chi connectivity index (χ1n) is 4.98. The van der Waals surface area contributed by atoms with Gasteiger partial charge in [-0.05, 0) is 26.2 Å². The van der Waals surface area contributed by atoms with Crippen molar-refractivity contribution in [1.29, 1.82) is 0 Å². The van der Waals surface area contributed by atoms with Crippen molar-refractivity contribution in [2.75, 3.05) is 0 Å². The summed E-state index contributed by atoms with van der Waals surface area (Å²) in [5, 5.41) is 0. The summed E-state index contributed by atoms with van der Waals surface area (Å²) in [6.07, 6.45) is 8.96. The molecule has 1 atom stereocenters. The van der Waals surface area contributed by atoms with Crippen molar-refractivity contribution in [3.8, 4) is 0 Å². The minimum atomic E-state index is 0. The van der Waals surface area contributed by atoms with E-state index in [-0.39, 0.29) is 1.43 Å². The van der Waals surface area contributed by atoms with Crippen LogP contribution in [-0.2, 0) is 4.74 Å². The summed E-state index contributed by atoms with van der Waals surface area (Å²) in [4.78, 5) is 0. The molecule has 0 heterocycles. The van der Waals surface area contributed by atoms with Crippen molar-refractivity contribution >= 4 is 0 Å². The maximum atomic E-state index is 5.84. The first kappa shape index (κ1) is 9.05. The summed E-state index contributed by atoms with van der Waals surface area (Å²) in [7, 11) is 0. The lowest BCUT2D eigenvalue weighted by Crippen LogP contribution is -2.21. The molecule has 1 aliphatic rings. The van der Waals surface area contributed by atoms with Crippen LogP contribution in [0.3, 0.4) is 0 Å². The molecular formula is C10H22O. The molecule has 1 nitrogen and oxygen atoms in total. The fraction of sp³-hybridized carbons (Fsp3) is 1.00. The van der Waals surface area contributed by atoms with Gasteiger partial charge in [0.05, 0.1) is 12.2 Å². The minimum absolute atomic E-state index is 0. The summed E-state index contributed by atoms with van der Waals surface area (Å²) >= 11 is 0. The van der Waals surface area contributed by atoms with E-state index >= 15 is 0 Å². The lowest BCUT2D eigenvalue weighted by molar-refractivity contribution is -0.0220. The van der Waals surface area contributed by atoms with Crippen LogP contribution in [0.25, 0.3) is 0 Å². The van der Waals surface area contributed by atoms with Gasteiger partial charge in [0, 0.05) is 1.43 Å². The molecule has 1 saturated carbocycles. The smallest absolute Gasteiger partial charge is 0.0578 e. The molecule has 0 bridgehead atoms. The van der Waals surface area contributed by atoms with Gasteiger partial charge in [-0.15, -0.1) is 0 Å². The van der Waals surface area contributed by atoms with Crippen molar-refractivity contribution < 1.29 is 6.16 Å². The fourth-order valence-electron chi connectivity index (χ4n) is 1.63. The van der Waals surface area contributed by atoms with E-state index in [1.54, 1.807) is 0 Å². The largest absolute Gasteiger partial charge is 0.375 e. The average molecular weight is 158 g/mol. The lowest BCUT2D eigenvalue weighted by Gasteiger charge is -2.25. The maximum Gasteiger partial charge on any atom is 0.0578 e. The summed E-state index contributed by atoms with van der Waals surface area (Å²) < 4.78 is 5.84. The number of ether oxygens (including phenoxy) is 1. The van der Waals surface area contributed by atoms with Crippen LogP contribution in [0.5, 0.6) is 0 Å². The molecule has 0 N–H and O–H groups in total. The second-order valence-electron chi connectivity index (χ2n) is 3.61. The SMILES string of the molecule is CCC(C)OC1CCCCC1.[HH]. The Morgan fingerprint density at radius 3 is 2.55 bits per heavy atom. The Labute approximate surface area is 71.6 Å². The zero-order valence-electron chi connectivity index (χ0n) is 7.81. The third kappa shape index (κ3) is 3.24. The predicted molar refractivity (Wildman–Crippen MR) is 49.8 cm³/mol. The molecule has 1 heteroatoms. The Morgan fingerprint density at radius 1 is 1.36 bits per heavy atom. The minimum Gasteiger partial charge on any atom is -0.375 e. The Kier molecular flexibility index (Phi) is 3.92. The molecule has 0 spiro atoms. The predicted octanol–water partition coefficient (Wildman–Crippen LogP) is 3.38. The molecule has 0 aliphatic heterocycles. The van der Waals surface area contributed by atoms with Gasteiger partial charge in [0.2, 0.25) is 0 Å². The van der Waals surface area contributed by atoms with Crippen molar-refractivity contribution in [3.63, 3.8) is 0 Å². The highest BCUT2D eigenvalue weighted by atomic mass is 16.5. The molecule has 1 aliphatic carbocycles. The van der Waals surface area contributed by atoms with Gasteiger partial charge in [-0.3, -0.25) is 0 Å². The van der Waals surface area contributed by atoms with Crippen molar-refractivity contribution in [2.45, 2.75) is 64.6 Å². The average Bonchev–Trinajstić information content (AvgIpc) is 2.06. The van der Waals surface area contributed by atoms with E-state index in [9.17, 15) is 0 Å². The zero-order chi connectivity index (χ0) is 8.10. The molecule has 0 aromatic heterocycles. The maximum absolute atomic E-state index is 5.84. The Morgan fingerprint density at radius 2 is 2.00 bits per heavy atom. The number of rotatable bonds is 3. The fourth-order valence-corrected chi connectivity index (χ4v) is 1.63. The van der Waals surface area contributed by atoms with E-state index in [1.165, 1.54) is 32.1 Å². The molecule has 0 radical (unpaired) electrons. The molecule has 0 aromatic rings. The van der Waals surface area contributed by atoms with E-state index in [0.717, 1.165) is 6.42 Å². The molecule has 1 fully saturated rings. The highest BCUT2D eigenvalue weighted by Gasteiger charge is 2.15. The zero-order valence-corrected chi connectivity index (χ0v) is 7.81. The Hall–Kier alpha value is -0.0400. The van der Waals surface area contributed by atoms with Gasteiger partial charge in [-0.1, -0.05) is 26.2 Å². The third-order valence-electron chi connectivity index (χ3n) is 2.55. The highest BCUT2D eigenvalue weighted by molar-refractivity contribution is 4.66. The molecular weight excluding hydrogens is 136 g/mol. The number of hydrogen-bond acceptors (Lipinski definition) is 1. The second-order valence-corrected chi connectivity index (χ2v) is 3.61. The van der Waals surface area contributed by atoms with Gasteiger partial charge < -0.3 is 4.74 Å². The van der Waals surface area contributed by atoms with Gasteiger partial charge in [-0.2, -0.15) is 0 Å². The van der Waals surface area contributed by atoms with E-state index < -0.39 is 0 Å². The van der Waals surface area contributed by atoms with Gasteiger partial charge in [0.25, 0.3) is 0 Å². The Balaban J connectivity index is 0.00000121. The summed E-state index contributed by atoms with van der Waals surface area (Å²) in [5.74, 6) is 0. The monoisotopic (exact) mass is 158 g/mol. The van der Waals surface area contributed by atoms with Gasteiger partial charge in [-0.25, -0.2) is 0 Å². The van der Waals surface area contributed by atoms with Crippen LogP contribution in [-0.4, -0.2) is 12.2 Å². The normalized spacial score (nSPS) is 23.5. The van der Waals surface area contributed by atoms with Crippen LogP contribution < -0.4 is 0 Å². The van der Waals surface area contributed by atoms with E-state index in [0.29, 0.717) is 12.2 Å². The molecule has 0 saturated heterocycles. The van der Waals surface area contributed by atoms with Gasteiger partial charge >= 0.3 is 0 Å². The van der Waals surface area contributed by atoms with Crippen molar-refractivity contribution in [1.82, 2.24) is 0 Å². The molecule has 0 aromatic carbocycles. The second kappa shape index (κ2) is 4.76. The number of hydrogen-bond donors (Lipinski definition) is 0. The first-order valence-corrected chi connectivity index (χ1v) is 4.98. The van der Waals surface area contributed by atoms with Crippen LogP contribution in [0.2, 0.25) is 0 Å². The van der Waals surface area contributed by atoms with Gasteiger partial charge in [0.1, 0.15) is 0 Å². The molecule has 0 amide bonds. The van der Waals surface area contributed by atoms with Gasteiger partial charge in [0.15, 0.2) is 0 Å². The van der Waals surface area contributed by atoms with Crippen molar-refractivity contribution in [2.24, 2.45) is 0 Å². The first-order chi connectivity index (χ1) is 5.33. The highest BCUT2D eigenvalue weighted by Crippen LogP contribution is 2.21. The Bertz CT molecular complexity index is 100. The third-order valence-corrected chi connectivity index (χ3v) is 2.55. The lowest BCUT2D eigenvalue weighted by atomic mass is 9.97. The van der Waals surface area contributed by atoms with Crippen LogP contribution in [0.15, 0.2) is 0 Å². The summed E-state index contributed by atoms with van der Waals surface area (Å²) in [6, 6.07) is 0. The molecule has 1 rings (SSSR count). The summed E-state index contributed by atoms with van der Waals surface area (Å²) in [6.45, 7) is 4.36. The van der Waals surface area contributed by atoms with E-state index in [1.807, 2.05) is 0 Å².